The van der Waals surface area contributed by atoms with Gasteiger partial charge in [-0.3, -0.25) is 0 Å². The molecule has 0 amide bonds. The number of hydrogen-bond donors (Lipinski definition) is 0. The first kappa shape index (κ1) is 11.5. The van der Waals surface area contributed by atoms with Crippen molar-refractivity contribution in [3.8, 4) is 11.1 Å². The summed E-state index contributed by atoms with van der Waals surface area (Å²) in [4.78, 5) is 11.7. The van der Waals surface area contributed by atoms with E-state index in [9.17, 15) is 4.79 Å². The van der Waals surface area contributed by atoms with Crippen LogP contribution < -0.4 is 0 Å². The van der Waals surface area contributed by atoms with E-state index in [2.05, 4.69) is 0 Å². The van der Waals surface area contributed by atoms with Crippen LogP contribution in [0.25, 0.3) is 11.1 Å². The Morgan fingerprint density at radius 3 is 2.41 bits per heavy atom. The Kier molecular flexibility index (Phi) is 3.00. The van der Waals surface area contributed by atoms with Gasteiger partial charge in [-0.15, -0.1) is 0 Å². The van der Waals surface area contributed by atoms with E-state index in [0.717, 1.165) is 11.1 Å². The molecule has 1 aromatic heterocycles. The van der Waals surface area contributed by atoms with E-state index in [1.807, 2.05) is 49.0 Å². The van der Waals surface area contributed by atoms with Gasteiger partial charge in [0.05, 0.1) is 12.7 Å². The van der Waals surface area contributed by atoms with Crippen LogP contribution in [0, 0.1) is 6.92 Å². The Balaban J connectivity index is 2.51. The van der Waals surface area contributed by atoms with Crippen molar-refractivity contribution in [2.75, 3.05) is 7.11 Å². The first-order chi connectivity index (χ1) is 8.11. The first-order valence-electron chi connectivity index (χ1n) is 5.43. The van der Waals surface area contributed by atoms with E-state index in [4.69, 9.17) is 4.74 Å². The molecule has 0 spiro atoms. The molecular weight excluding hydrogens is 214 g/mol. The molecule has 3 nitrogen and oxygen atoms in total. The summed E-state index contributed by atoms with van der Waals surface area (Å²) in [6, 6.07) is 8.08. The number of hydrogen-bond acceptors (Lipinski definition) is 2. The summed E-state index contributed by atoms with van der Waals surface area (Å²) in [7, 11) is 3.29. The second-order valence-corrected chi connectivity index (χ2v) is 4.11. The molecule has 0 saturated heterocycles. The fourth-order valence-electron chi connectivity index (χ4n) is 1.82. The fourth-order valence-corrected chi connectivity index (χ4v) is 1.82. The molecule has 0 bridgehead atoms. The standard InChI is InChI=1S/C14H15NO2/c1-10-4-6-11(7-5-10)12-8-15(2)9-13(12)14(16)17-3/h4-9H,1-3H3. The van der Waals surface area contributed by atoms with Crippen molar-refractivity contribution in [1.29, 1.82) is 0 Å². The molecule has 3 heteroatoms. The second-order valence-electron chi connectivity index (χ2n) is 4.11. The molecule has 0 aliphatic carbocycles. The molecule has 88 valence electrons. The summed E-state index contributed by atoms with van der Waals surface area (Å²) in [6.07, 6.45) is 3.71. The van der Waals surface area contributed by atoms with Gasteiger partial charge in [-0.25, -0.2) is 4.79 Å². The number of ether oxygens (including phenoxy) is 1. The van der Waals surface area contributed by atoms with Crippen molar-refractivity contribution in [2.24, 2.45) is 7.05 Å². The third-order valence-corrected chi connectivity index (χ3v) is 2.72. The predicted octanol–water partition coefficient (Wildman–Crippen LogP) is 2.79. The fraction of sp³-hybridized carbons (Fsp3) is 0.214. The SMILES string of the molecule is COC(=O)c1cn(C)cc1-c1ccc(C)cc1. The number of aromatic nitrogens is 1. The predicted molar refractivity (Wildman–Crippen MR) is 66.9 cm³/mol. The van der Waals surface area contributed by atoms with Gasteiger partial charge in [-0.05, 0) is 12.5 Å². The molecule has 0 unspecified atom stereocenters. The Bertz CT molecular complexity index is 538. The van der Waals surface area contributed by atoms with Crippen LogP contribution in [0.5, 0.6) is 0 Å². The number of carbonyl (C=O) groups excluding carboxylic acids is 1. The summed E-state index contributed by atoms with van der Waals surface area (Å²) in [5.74, 6) is -0.304. The van der Waals surface area contributed by atoms with Gasteiger partial charge < -0.3 is 9.30 Å². The zero-order chi connectivity index (χ0) is 12.4. The average molecular weight is 229 g/mol. The largest absolute Gasteiger partial charge is 0.465 e. The summed E-state index contributed by atoms with van der Waals surface area (Å²) in [6.45, 7) is 2.04. The summed E-state index contributed by atoms with van der Waals surface area (Å²) in [5.41, 5.74) is 3.72. The van der Waals surface area contributed by atoms with E-state index in [-0.39, 0.29) is 5.97 Å². The molecule has 0 N–H and O–H groups in total. The normalized spacial score (nSPS) is 10.3. The van der Waals surface area contributed by atoms with E-state index in [0.29, 0.717) is 5.56 Å². The highest BCUT2D eigenvalue weighted by Gasteiger charge is 2.15. The molecule has 2 aromatic rings. The van der Waals surface area contributed by atoms with E-state index in [1.165, 1.54) is 12.7 Å². The lowest BCUT2D eigenvalue weighted by Crippen LogP contribution is -2.01. The Morgan fingerprint density at radius 2 is 1.82 bits per heavy atom. The lowest BCUT2D eigenvalue weighted by atomic mass is 10.0. The topological polar surface area (TPSA) is 31.2 Å². The van der Waals surface area contributed by atoms with E-state index >= 15 is 0 Å². The highest BCUT2D eigenvalue weighted by molar-refractivity contribution is 5.97. The minimum Gasteiger partial charge on any atom is -0.465 e. The molecule has 17 heavy (non-hydrogen) atoms. The zero-order valence-electron chi connectivity index (χ0n) is 10.2. The maximum absolute atomic E-state index is 11.7. The monoisotopic (exact) mass is 229 g/mol. The van der Waals surface area contributed by atoms with Crippen molar-refractivity contribution < 1.29 is 9.53 Å². The number of rotatable bonds is 2. The summed E-state index contributed by atoms with van der Waals surface area (Å²) < 4.78 is 6.65. The van der Waals surface area contributed by atoms with Crippen molar-refractivity contribution >= 4 is 5.97 Å². The van der Waals surface area contributed by atoms with Gasteiger partial charge >= 0.3 is 5.97 Å². The first-order valence-corrected chi connectivity index (χ1v) is 5.43. The molecule has 0 aliphatic rings. The number of benzene rings is 1. The van der Waals surface area contributed by atoms with Crippen LogP contribution in [-0.4, -0.2) is 17.6 Å². The smallest absolute Gasteiger partial charge is 0.340 e. The molecule has 0 aliphatic heterocycles. The van der Waals surface area contributed by atoms with Gasteiger partial charge in [-0.1, -0.05) is 29.8 Å². The van der Waals surface area contributed by atoms with Gasteiger partial charge in [0.1, 0.15) is 0 Å². The number of esters is 1. The van der Waals surface area contributed by atoms with Crippen molar-refractivity contribution in [3.05, 3.63) is 47.8 Å². The highest BCUT2D eigenvalue weighted by Crippen LogP contribution is 2.25. The van der Waals surface area contributed by atoms with Crippen LogP contribution in [0.15, 0.2) is 36.7 Å². The molecular formula is C14H15NO2. The minimum absolute atomic E-state index is 0.304. The van der Waals surface area contributed by atoms with Crippen LogP contribution in [0.1, 0.15) is 15.9 Å². The maximum atomic E-state index is 11.7. The second kappa shape index (κ2) is 4.45. The van der Waals surface area contributed by atoms with Crippen LogP contribution in [-0.2, 0) is 11.8 Å². The van der Waals surface area contributed by atoms with E-state index < -0.39 is 0 Å². The van der Waals surface area contributed by atoms with Crippen LogP contribution in [0.4, 0.5) is 0 Å². The Morgan fingerprint density at radius 1 is 1.18 bits per heavy atom. The Labute approximate surface area is 101 Å². The minimum atomic E-state index is -0.304. The molecule has 1 heterocycles. The lowest BCUT2D eigenvalue weighted by molar-refractivity contribution is 0.0601. The number of methoxy groups -OCH3 is 1. The van der Waals surface area contributed by atoms with Gasteiger partial charge in [0, 0.05) is 25.0 Å². The van der Waals surface area contributed by atoms with Crippen LogP contribution in [0.2, 0.25) is 0 Å². The maximum Gasteiger partial charge on any atom is 0.340 e. The number of carbonyl (C=O) groups is 1. The molecule has 0 saturated carbocycles. The third kappa shape index (κ3) is 2.23. The molecule has 0 radical (unpaired) electrons. The summed E-state index contributed by atoms with van der Waals surface area (Å²) >= 11 is 0. The molecule has 1 aromatic carbocycles. The number of nitrogens with zero attached hydrogens (tertiary/aromatic N) is 1. The summed E-state index contributed by atoms with van der Waals surface area (Å²) in [5, 5.41) is 0. The lowest BCUT2D eigenvalue weighted by Gasteiger charge is -2.02. The van der Waals surface area contributed by atoms with Gasteiger partial charge in [0.15, 0.2) is 0 Å². The average Bonchev–Trinajstić information content (AvgIpc) is 2.71. The third-order valence-electron chi connectivity index (χ3n) is 2.72. The van der Waals surface area contributed by atoms with Gasteiger partial charge in [0.25, 0.3) is 0 Å². The van der Waals surface area contributed by atoms with Crippen LogP contribution >= 0.6 is 0 Å². The molecule has 0 atom stereocenters. The highest BCUT2D eigenvalue weighted by atomic mass is 16.5. The molecule has 0 fully saturated rings. The molecule has 2 rings (SSSR count). The van der Waals surface area contributed by atoms with Gasteiger partial charge in [-0.2, -0.15) is 0 Å². The number of aryl methyl sites for hydroxylation is 2. The van der Waals surface area contributed by atoms with Crippen molar-refractivity contribution in [1.82, 2.24) is 4.57 Å². The van der Waals surface area contributed by atoms with Crippen molar-refractivity contribution in [2.45, 2.75) is 6.92 Å². The van der Waals surface area contributed by atoms with Crippen LogP contribution in [0.3, 0.4) is 0 Å². The van der Waals surface area contributed by atoms with E-state index in [1.54, 1.807) is 6.20 Å². The quantitative estimate of drug-likeness (QED) is 0.741. The van der Waals surface area contributed by atoms with Crippen molar-refractivity contribution in [3.63, 3.8) is 0 Å². The Hall–Kier alpha value is -2.03. The zero-order valence-corrected chi connectivity index (χ0v) is 10.2. The van der Waals surface area contributed by atoms with Gasteiger partial charge in [0.2, 0.25) is 0 Å².